The van der Waals surface area contributed by atoms with Gasteiger partial charge in [-0.05, 0) is 42.7 Å². The summed E-state index contributed by atoms with van der Waals surface area (Å²) in [7, 11) is 0. The van der Waals surface area contributed by atoms with Gasteiger partial charge in [0, 0.05) is 37.9 Å². The third-order valence-corrected chi connectivity index (χ3v) is 7.27. The Morgan fingerprint density at radius 3 is 2.81 bits per heavy atom. The molecule has 170 valence electrons. The minimum atomic E-state index is -4.41. The quantitative estimate of drug-likeness (QED) is 0.747. The van der Waals surface area contributed by atoms with Gasteiger partial charge >= 0.3 is 6.18 Å². The lowest BCUT2D eigenvalue weighted by Gasteiger charge is -2.50. The van der Waals surface area contributed by atoms with Crippen molar-refractivity contribution in [2.45, 2.75) is 43.4 Å². The summed E-state index contributed by atoms with van der Waals surface area (Å²) in [6.45, 7) is 1.99. The van der Waals surface area contributed by atoms with Gasteiger partial charge in [0.25, 0.3) is 0 Å². The van der Waals surface area contributed by atoms with Gasteiger partial charge in [-0.1, -0.05) is 6.07 Å². The number of aromatic nitrogens is 1. The van der Waals surface area contributed by atoms with Gasteiger partial charge in [0.1, 0.15) is 12.4 Å². The number of nitrogens with one attached hydrogen (secondary N) is 2. The molecule has 4 aliphatic rings. The van der Waals surface area contributed by atoms with E-state index in [2.05, 4.69) is 20.7 Å². The predicted octanol–water partition coefficient (Wildman–Crippen LogP) is 1.67. The van der Waals surface area contributed by atoms with Crippen molar-refractivity contribution >= 4 is 11.7 Å². The van der Waals surface area contributed by atoms with Crippen molar-refractivity contribution in [1.82, 2.24) is 20.7 Å². The van der Waals surface area contributed by atoms with Gasteiger partial charge in [0.05, 0.1) is 19.1 Å². The zero-order valence-electron chi connectivity index (χ0n) is 17.3. The number of piperidine rings is 1. The average molecular weight is 439 g/mol. The number of alkyl halides is 3. The Hall–Kier alpha value is -1.91. The van der Waals surface area contributed by atoms with Crippen LogP contribution < -0.4 is 15.8 Å². The molecule has 1 aliphatic carbocycles. The summed E-state index contributed by atoms with van der Waals surface area (Å²) in [6.07, 6.45) is -0.459. The molecule has 10 heteroatoms. The SMILES string of the molecule is O=C1C2CNNC2C2CCC(c3cccnc3N3CCOCC3)CC2N1CC(F)(F)F. The van der Waals surface area contributed by atoms with Crippen LogP contribution in [-0.4, -0.2) is 73.4 Å². The number of morpholine rings is 1. The van der Waals surface area contributed by atoms with Gasteiger partial charge in [0.15, 0.2) is 0 Å². The molecule has 1 saturated carbocycles. The second-order valence-electron chi connectivity index (χ2n) is 9.00. The third-order valence-electron chi connectivity index (χ3n) is 7.27. The van der Waals surface area contributed by atoms with E-state index < -0.39 is 24.7 Å². The van der Waals surface area contributed by atoms with Gasteiger partial charge in [-0.3, -0.25) is 15.6 Å². The minimum absolute atomic E-state index is 0.0137. The van der Waals surface area contributed by atoms with Crippen molar-refractivity contribution in [3.05, 3.63) is 23.9 Å². The minimum Gasteiger partial charge on any atom is -0.378 e. The van der Waals surface area contributed by atoms with Crippen LogP contribution in [0.5, 0.6) is 0 Å². The van der Waals surface area contributed by atoms with Crippen LogP contribution in [0.1, 0.15) is 30.7 Å². The van der Waals surface area contributed by atoms with Gasteiger partial charge in [-0.15, -0.1) is 0 Å². The average Bonchev–Trinajstić information content (AvgIpc) is 3.26. The first-order valence-corrected chi connectivity index (χ1v) is 11.1. The maximum absolute atomic E-state index is 13.4. The third kappa shape index (κ3) is 4.01. The standard InChI is InChI=1S/C21H28F3N5O2/c22-21(23,24)12-29-17-10-13(3-4-15(17)18-16(20(29)30)11-26-27-18)14-2-1-5-25-19(14)28-6-8-31-9-7-28/h1-2,5,13,15-18,26-27H,3-4,6-12H2. The maximum atomic E-state index is 13.4. The van der Waals surface area contributed by atoms with Crippen molar-refractivity contribution in [2.75, 3.05) is 44.3 Å². The van der Waals surface area contributed by atoms with Crippen molar-refractivity contribution in [2.24, 2.45) is 11.8 Å². The van der Waals surface area contributed by atoms with Gasteiger partial charge < -0.3 is 14.5 Å². The summed E-state index contributed by atoms with van der Waals surface area (Å²) < 4.78 is 45.6. The fraction of sp³-hybridized carbons (Fsp3) is 0.714. The molecular formula is C21H28F3N5O2. The number of pyridine rings is 1. The highest BCUT2D eigenvalue weighted by Gasteiger charge is 2.54. The number of hydrogen-bond donors (Lipinski definition) is 2. The molecule has 7 nitrogen and oxygen atoms in total. The molecule has 0 aromatic carbocycles. The van der Waals surface area contributed by atoms with Crippen molar-refractivity contribution < 1.29 is 22.7 Å². The lowest BCUT2D eigenvalue weighted by molar-refractivity contribution is -0.178. The number of ether oxygens (including phenoxy) is 1. The van der Waals surface area contributed by atoms with Crippen LogP contribution >= 0.6 is 0 Å². The van der Waals surface area contributed by atoms with Gasteiger partial charge in [-0.2, -0.15) is 13.2 Å². The van der Waals surface area contributed by atoms with Crippen molar-refractivity contribution in [3.8, 4) is 0 Å². The zero-order valence-corrected chi connectivity index (χ0v) is 17.3. The number of hydrogen-bond acceptors (Lipinski definition) is 6. The monoisotopic (exact) mass is 439 g/mol. The highest BCUT2D eigenvalue weighted by molar-refractivity contribution is 5.82. The number of anilines is 1. The number of hydrazine groups is 1. The Kier molecular flexibility index (Phi) is 5.56. The first-order chi connectivity index (χ1) is 14.9. The molecule has 4 heterocycles. The number of fused-ring (bicyclic) bond motifs is 3. The summed E-state index contributed by atoms with van der Waals surface area (Å²) in [5, 5.41) is 0. The molecule has 0 radical (unpaired) electrons. The molecule has 31 heavy (non-hydrogen) atoms. The Morgan fingerprint density at radius 2 is 2.03 bits per heavy atom. The largest absolute Gasteiger partial charge is 0.406 e. The molecule has 0 bridgehead atoms. The van der Waals surface area contributed by atoms with E-state index in [0.29, 0.717) is 26.2 Å². The molecule has 5 atom stereocenters. The van der Waals surface area contributed by atoms with Crippen molar-refractivity contribution in [3.63, 3.8) is 0 Å². The van der Waals surface area contributed by atoms with Crippen LogP contribution in [0.4, 0.5) is 19.0 Å². The Morgan fingerprint density at radius 1 is 1.23 bits per heavy atom. The summed E-state index contributed by atoms with van der Waals surface area (Å²) in [5.74, 6) is 0.170. The number of carbonyl (C=O) groups is 1. The Labute approximate surface area is 179 Å². The highest BCUT2D eigenvalue weighted by Crippen LogP contribution is 2.46. The predicted molar refractivity (Wildman–Crippen MR) is 107 cm³/mol. The van der Waals surface area contributed by atoms with Crippen LogP contribution in [0.25, 0.3) is 0 Å². The number of likely N-dealkylation sites (tertiary alicyclic amines) is 1. The zero-order chi connectivity index (χ0) is 21.6. The molecular weight excluding hydrogens is 411 g/mol. The maximum Gasteiger partial charge on any atom is 0.406 e. The topological polar surface area (TPSA) is 69.7 Å². The molecule has 0 spiro atoms. The summed E-state index contributed by atoms with van der Waals surface area (Å²) in [5.41, 5.74) is 7.25. The van der Waals surface area contributed by atoms with Crippen molar-refractivity contribution in [1.29, 1.82) is 0 Å². The summed E-state index contributed by atoms with van der Waals surface area (Å²) in [4.78, 5) is 20.9. The molecule has 1 amide bonds. The number of amides is 1. The lowest BCUT2D eigenvalue weighted by Crippen LogP contribution is -2.63. The van der Waals surface area contributed by atoms with E-state index in [1.165, 1.54) is 0 Å². The van der Waals surface area contributed by atoms with Crippen LogP contribution in [0.2, 0.25) is 0 Å². The summed E-state index contributed by atoms with van der Waals surface area (Å²) in [6, 6.07) is 3.40. The van der Waals surface area contributed by atoms with Crippen LogP contribution in [0, 0.1) is 11.8 Å². The van der Waals surface area contributed by atoms with Gasteiger partial charge in [-0.25, -0.2) is 4.98 Å². The number of nitrogens with zero attached hydrogens (tertiary/aromatic N) is 3. The van der Waals surface area contributed by atoms with Gasteiger partial charge in [0.2, 0.25) is 5.91 Å². The molecule has 3 saturated heterocycles. The number of halogens is 3. The lowest BCUT2D eigenvalue weighted by atomic mass is 9.67. The molecule has 5 rings (SSSR count). The summed E-state index contributed by atoms with van der Waals surface area (Å²) >= 11 is 0. The first-order valence-electron chi connectivity index (χ1n) is 11.1. The van der Waals surface area contributed by atoms with E-state index in [4.69, 9.17) is 4.74 Å². The smallest absolute Gasteiger partial charge is 0.378 e. The molecule has 1 aromatic heterocycles. The first kappa shape index (κ1) is 21.0. The Balaban J connectivity index is 1.43. The van der Waals surface area contributed by atoms with E-state index in [1.54, 1.807) is 6.20 Å². The van der Waals surface area contributed by atoms with E-state index in [-0.39, 0.29) is 23.8 Å². The van der Waals surface area contributed by atoms with E-state index in [9.17, 15) is 18.0 Å². The molecule has 4 fully saturated rings. The second kappa shape index (κ2) is 8.22. The van der Waals surface area contributed by atoms with Crippen LogP contribution in [-0.2, 0) is 9.53 Å². The molecule has 2 N–H and O–H groups in total. The fourth-order valence-electron chi connectivity index (χ4n) is 5.92. The molecule has 3 aliphatic heterocycles. The van der Waals surface area contributed by atoms with Crippen LogP contribution in [0.3, 0.4) is 0 Å². The molecule has 1 aromatic rings. The Bertz CT molecular complexity index is 816. The van der Waals surface area contributed by atoms with E-state index >= 15 is 0 Å². The van der Waals surface area contributed by atoms with E-state index in [1.807, 2.05) is 12.1 Å². The number of rotatable bonds is 3. The fourth-order valence-corrected chi connectivity index (χ4v) is 5.92. The van der Waals surface area contributed by atoms with Crippen LogP contribution in [0.15, 0.2) is 18.3 Å². The number of carbonyl (C=O) groups excluding carboxylic acids is 1. The molecule has 5 unspecified atom stereocenters. The second-order valence-corrected chi connectivity index (χ2v) is 9.00. The normalized spacial score (nSPS) is 33.9. The highest BCUT2D eigenvalue weighted by atomic mass is 19.4. The van der Waals surface area contributed by atoms with E-state index in [0.717, 1.165) is 42.2 Å².